The molecule has 3 aliphatic heterocycles. The number of thiazole rings is 1. The van der Waals surface area contributed by atoms with Gasteiger partial charge in [-0.15, -0.1) is 6.42 Å². The number of halogens is 1. The van der Waals surface area contributed by atoms with Crippen LogP contribution in [0.5, 0.6) is 5.75 Å². The number of hydrogen-bond acceptors (Lipinski definition) is 16. The standard InChI is InChI=1S/C35H44ClN7O9S/c1-2-8-47-9-10-48-11-12-49-13-14-50-15-16-51-23-4-5-25-27(17-23)53-34(38-25)41-7-3-6-35(20-41)21-42(22-35)30-24-18-37-43(31(24)40-33(36)39-30)32-29(46)28(45)26(19-44)52-32/h1,4-5,17-18,26,28-29,32,44-46H,3,6-16,19-22H2/t26-,28-,29-,32?/m1/s1. The third kappa shape index (κ3) is 8.62. The number of benzene rings is 1. The van der Waals surface area contributed by atoms with Gasteiger partial charge in [-0.05, 0) is 42.6 Å². The van der Waals surface area contributed by atoms with Gasteiger partial charge in [0.1, 0.15) is 43.1 Å². The number of ether oxygens (including phenoxy) is 6. The number of hydrogen-bond donors (Lipinski definition) is 3. The Labute approximate surface area is 315 Å². The van der Waals surface area contributed by atoms with Crippen molar-refractivity contribution in [1.29, 1.82) is 0 Å². The number of anilines is 2. The number of aliphatic hydroxyl groups is 3. The second-order valence-corrected chi connectivity index (χ2v) is 14.7. The Hall–Kier alpha value is -3.41. The molecular formula is C35H44ClN7O9S. The van der Waals surface area contributed by atoms with Gasteiger partial charge in [0.15, 0.2) is 17.0 Å². The molecule has 3 fully saturated rings. The average Bonchev–Trinajstić information content (AvgIpc) is 3.85. The topological polar surface area (TPSA) is 179 Å². The Bertz CT molecular complexity index is 1870. The van der Waals surface area contributed by atoms with Gasteiger partial charge in [-0.25, -0.2) is 9.67 Å². The maximum atomic E-state index is 10.6. The van der Waals surface area contributed by atoms with Crippen LogP contribution in [-0.2, 0) is 23.7 Å². The summed E-state index contributed by atoms with van der Waals surface area (Å²) in [5.74, 6) is 3.84. The molecule has 0 amide bonds. The maximum Gasteiger partial charge on any atom is 0.226 e. The van der Waals surface area contributed by atoms with Gasteiger partial charge in [0.2, 0.25) is 5.28 Å². The fourth-order valence-electron chi connectivity index (χ4n) is 7.06. The first kappa shape index (κ1) is 37.9. The number of terminal acetylenes is 1. The van der Waals surface area contributed by atoms with Crippen LogP contribution in [0.25, 0.3) is 21.3 Å². The Morgan fingerprint density at radius 2 is 1.66 bits per heavy atom. The SMILES string of the molecule is C#CCOCCOCCOCCOCCOc1ccc2nc(N3CCCC4(C3)CN(c3nc(Cl)nc5c3cnn5C3O[C@H](CO)[C@@H](O)[C@H]3O)C4)sc2c1. The predicted molar refractivity (Wildman–Crippen MR) is 197 cm³/mol. The van der Waals surface area contributed by atoms with Crippen molar-refractivity contribution in [3.63, 3.8) is 0 Å². The van der Waals surface area contributed by atoms with Crippen molar-refractivity contribution in [2.75, 3.05) is 102 Å². The lowest BCUT2D eigenvalue weighted by Crippen LogP contribution is -2.63. The van der Waals surface area contributed by atoms with E-state index in [0.29, 0.717) is 76.3 Å². The van der Waals surface area contributed by atoms with Gasteiger partial charge in [0.25, 0.3) is 0 Å². The summed E-state index contributed by atoms with van der Waals surface area (Å²) in [6, 6.07) is 5.97. The van der Waals surface area contributed by atoms with Crippen LogP contribution in [0.15, 0.2) is 24.4 Å². The average molecular weight is 774 g/mol. The summed E-state index contributed by atoms with van der Waals surface area (Å²) < 4.78 is 35.8. The molecule has 0 aliphatic carbocycles. The zero-order valence-electron chi connectivity index (χ0n) is 29.2. The van der Waals surface area contributed by atoms with E-state index in [1.54, 1.807) is 17.5 Å². The van der Waals surface area contributed by atoms with E-state index in [-0.39, 0.29) is 10.7 Å². The van der Waals surface area contributed by atoms with E-state index in [0.717, 1.165) is 60.1 Å². The van der Waals surface area contributed by atoms with E-state index >= 15 is 0 Å². The van der Waals surface area contributed by atoms with Crippen molar-refractivity contribution >= 4 is 55.1 Å². The molecular weight excluding hydrogens is 730 g/mol. The highest BCUT2D eigenvalue weighted by Crippen LogP contribution is 2.45. The molecule has 1 spiro atoms. The highest BCUT2D eigenvalue weighted by atomic mass is 35.5. The number of aliphatic hydroxyl groups excluding tert-OH is 3. The zero-order valence-corrected chi connectivity index (χ0v) is 30.8. The summed E-state index contributed by atoms with van der Waals surface area (Å²) in [6.45, 7) is 6.99. The third-order valence-electron chi connectivity index (χ3n) is 9.60. The molecule has 4 atom stereocenters. The Morgan fingerprint density at radius 1 is 0.943 bits per heavy atom. The van der Waals surface area contributed by atoms with Crippen molar-refractivity contribution in [3.05, 3.63) is 29.7 Å². The van der Waals surface area contributed by atoms with Gasteiger partial charge in [-0.2, -0.15) is 15.1 Å². The Kier molecular flexibility index (Phi) is 12.4. The summed E-state index contributed by atoms with van der Waals surface area (Å²) in [4.78, 5) is 18.5. The smallest absolute Gasteiger partial charge is 0.226 e. The molecule has 1 unspecified atom stereocenters. The number of fused-ring (bicyclic) bond motifs is 2. The number of rotatable bonds is 18. The zero-order chi connectivity index (χ0) is 36.8. The molecule has 0 saturated carbocycles. The molecule has 53 heavy (non-hydrogen) atoms. The van der Waals surface area contributed by atoms with Crippen LogP contribution in [0, 0.1) is 17.8 Å². The van der Waals surface area contributed by atoms with Crippen molar-refractivity contribution in [1.82, 2.24) is 24.7 Å². The van der Waals surface area contributed by atoms with Crippen LogP contribution in [0.3, 0.4) is 0 Å². The molecule has 3 N–H and O–H groups in total. The Morgan fingerprint density at radius 3 is 2.38 bits per heavy atom. The van der Waals surface area contributed by atoms with E-state index in [2.05, 4.69) is 30.8 Å². The molecule has 16 nitrogen and oxygen atoms in total. The monoisotopic (exact) mass is 773 g/mol. The minimum absolute atomic E-state index is 0.0419. The van der Waals surface area contributed by atoms with Crippen molar-refractivity contribution < 1.29 is 43.7 Å². The lowest BCUT2D eigenvalue weighted by Gasteiger charge is -2.55. The summed E-state index contributed by atoms with van der Waals surface area (Å²) in [6.07, 6.45) is 4.37. The van der Waals surface area contributed by atoms with Crippen LogP contribution in [-0.4, -0.2) is 151 Å². The number of nitrogens with zero attached hydrogens (tertiary/aromatic N) is 7. The Balaban J connectivity index is 0.882. The van der Waals surface area contributed by atoms with Gasteiger partial charge in [0, 0.05) is 31.6 Å². The van der Waals surface area contributed by atoms with Crippen molar-refractivity contribution in [2.45, 2.75) is 37.4 Å². The minimum Gasteiger partial charge on any atom is -0.491 e. The van der Waals surface area contributed by atoms with Crippen LogP contribution in [0.4, 0.5) is 10.9 Å². The van der Waals surface area contributed by atoms with Crippen LogP contribution in [0.1, 0.15) is 19.1 Å². The molecule has 3 aliphatic rings. The predicted octanol–water partition coefficient (Wildman–Crippen LogP) is 1.89. The summed E-state index contributed by atoms with van der Waals surface area (Å²) in [5.41, 5.74) is 1.38. The number of piperidine rings is 1. The maximum absolute atomic E-state index is 10.6. The first-order valence-corrected chi connectivity index (χ1v) is 18.9. The van der Waals surface area contributed by atoms with Crippen molar-refractivity contribution in [3.8, 4) is 18.1 Å². The highest BCUT2D eigenvalue weighted by molar-refractivity contribution is 7.22. The summed E-state index contributed by atoms with van der Waals surface area (Å²) in [5, 5.41) is 36.5. The largest absolute Gasteiger partial charge is 0.491 e. The van der Waals surface area contributed by atoms with E-state index in [9.17, 15) is 15.3 Å². The van der Waals surface area contributed by atoms with Crippen LogP contribution >= 0.6 is 22.9 Å². The van der Waals surface area contributed by atoms with Gasteiger partial charge in [-0.1, -0.05) is 17.3 Å². The first-order chi connectivity index (χ1) is 25.9. The normalized spacial score (nSPS) is 22.5. The van der Waals surface area contributed by atoms with Gasteiger partial charge in [0.05, 0.1) is 74.7 Å². The summed E-state index contributed by atoms with van der Waals surface area (Å²) >= 11 is 8.06. The molecule has 6 heterocycles. The molecule has 4 aromatic rings. The number of aromatic nitrogens is 5. The van der Waals surface area contributed by atoms with E-state index in [1.807, 2.05) is 18.2 Å². The lowest BCUT2D eigenvalue weighted by molar-refractivity contribution is -0.0566. The molecule has 3 aromatic heterocycles. The van der Waals surface area contributed by atoms with Crippen LogP contribution < -0.4 is 14.5 Å². The fourth-order valence-corrected chi connectivity index (χ4v) is 8.24. The molecule has 0 radical (unpaired) electrons. The van der Waals surface area contributed by atoms with Crippen molar-refractivity contribution in [2.24, 2.45) is 5.41 Å². The van der Waals surface area contributed by atoms with Gasteiger partial charge >= 0.3 is 0 Å². The van der Waals surface area contributed by atoms with E-state index < -0.39 is 31.1 Å². The van der Waals surface area contributed by atoms with Crippen LogP contribution in [0.2, 0.25) is 5.28 Å². The molecule has 3 saturated heterocycles. The molecule has 18 heteroatoms. The first-order valence-electron chi connectivity index (χ1n) is 17.7. The summed E-state index contributed by atoms with van der Waals surface area (Å²) in [7, 11) is 0. The fraction of sp³-hybridized carbons (Fsp3) is 0.600. The molecule has 1 aromatic carbocycles. The van der Waals surface area contributed by atoms with E-state index in [4.69, 9.17) is 51.4 Å². The highest BCUT2D eigenvalue weighted by Gasteiger charge is 2.48. The second kappa shape index (κ2) is 17.4. The second-order valence-electron chi connectivity index (χ2n) is 13.3. The van der Waals surface area contributed by atoms with Gasteiger partial charge < -0.3 is 53.5 Å². The van der Waals surface area contributed by atoms with E-state index in [1.165, 1.54) is 4.68 Å². The lowest BCUT2D eigenvalue weighted by atomic mass is 9.73. The third-order valence-corrected chi connectivity index (χ3v) is 10.8. The molecule has 7 rings (SSSR count). The quantitative estimate of drug-likeness (QED) is 0.0758. The van der Waals surface area contributed by atoms with Gasteiger partial charge in [-0.3, -0.25) is 0 Å². The molecule has 0 bridgehead atoms. The minimum atomic E-state index is -1.29. The molecule has 286 valence electrons.